The molecule has 1 saturated carbocycles. The van der Waals surface area contributed by atoms with Crippen LogP contribution in [0.1, 0.15) is 32.6 Å². The highest BCUT2D eigenvalue weighted by atomic mass is 16.5. The zero-order chi connectivity index (χ0) is 9.15. The SMILES string of the molecule is CCOCC1(C2CCCC2)CNC1. The van der Waals surface area contributed by atoms with E-state index in [4.69, 9.17) is 4.74 Å². The van der Waals surface area contributed by atoms with E-state index in [1.54, 1.807) is 0 Å². The van der Waals surface area contributed by atoms with Crippen molar-refractivity contribution in [3.05, 3.63) is 0 Å². The zero-order valence-electron chi connectivity index (χ0n) is 8.64. The van der Waals surface area contributed by atoms with Crippen LogP contribution in [0.15, 0.2) is 0 Å². The first-order valence-corrected chi connectivity index (χ1v) is 5.66. The van der Waals surface area contributed by atoms with E-state index in [9.17, 15) is 0 Å². The lowest BCUT2D eigenvalue weighted by Gasteiger charge is -2.47. The zero-order valence-corrected chi connectivity index (χ0v) is 8.64. The first kappa shape index (κ1) is 9.47. The maximum absolute atomic E-state index is 5.61. The van der Waals surface area contributed by atoms with Crippen LogP contribution in [0.5, 0.6) is 0 Å². The van der Waals surface area contributed by atoms with Gasteiger partial charge < -0.3 is 10.1 Å². The van der Waals surface area contributed by atoms with Crippen molar-refractivity contribution < 1.29 is 4.74 Å². The maximum Gasteiger partial charge on any atom is 0.0549 e. The Labute approximate surface area is 81.0 Å². The number of nitrogens with one attached hydrogen (secondary N) is 1. The van der Waals surface area contributed by atoms with Crippen LogP contribution in [0.25, 0.3) is 0 Å². The summed E-state index contributed by atoms with van der Waals surface area (Å²) in [5.41, 5.74) is 0.520. The summed E-state index contributed by atoms with van der Waals surface area (Å²) < 4.78 is 5.61. The van der Waals surface area contributed by atoms with Gasteiger partial charge in [0.05, 0.1) is 6.61 Å². The molecule has 2 fully saturated rings. The van der Waals surface area contributed by atoms with Gasteiger partial charge in [-0.15, -0.1) is 0 Å². The van der Waals surface area contributed by atoms with Crippen LogP contribution in [0.4, 0.5) is 0 Å². The largest absolute Gasteiger partial charge is 0.381 e. The Balaban J connectivity index is 1.89. The lowest BCUT2D eigenvalue weighted by molar-refractivity contribution is -0.0245. The average Bonchev–Trinajstić information content (AvgIpc) is 2.56. The van der Waals surface area contributed by atoms with Gasteiger partial charge in [0.2, 0.25) is 0 Å². The summed E-state index contributed by atoms with van der Waals surface area (Å²) in [4.78, 5) is 0. The molecule has 1 aliphatic heterocycles. The van der Waals surface area contributed by atoms with Crippen LogP contribution in [-0.4, -0.2) is 26.3 Å². The first-order valence-electron chi connectivity index (χ1n) is 5.66. The van der Waals surface area contributed by atoms with Gasteiger partial charge >= 0.3 is 0 Å². The third-order valence-corrected chi connectivity index (χ3v) is 3.77. The summed E-state index contributed by atoms with van der Waals surface area (Å²) in [6.07, 6.45) is 5.76. The number of ether oxygens (including phenoxy) is 1. The van der Waals surface area contributed by atoms with Crippen molar-refractivity contribution in [1.82, 2.24) is 5.32 Å². The molecular weight excluding hydrogens is 162 g/mol. The molecule has 13 heavy (non-hydrogen) atoms. The number of hydrogen-bond acceptors (Lipinski definition) is 2. The van der Waals surface area contributed by atoms with Crippen LogP contribution in [0, 0.1) is 11.3 Å². The van der Waals surface area contributed by atoms with Gasteiger partial charge in [-0.2, -0.15) is 0 Å². The highest BCUT2D eigenvalue weighted by Gasteiger charge is 2.44. The molecule has 0 bridgehead atoms. The molecule has 0 aromatic carbocycles. The highest BCUT2D eigenvalue weighted by molar-refractivity contribution is 4.98. The van der Waals surface area contributed by atoms with Crippen LogP contribution >= 0.6 is 0 Å². The minimum atomic E-state index is 0.520. The predicted octanol–water partition coefficient (Wildman–Crippen LogP) is 1.80. The van der Waals surface area contributed by atoms with Gasteiger partial charge in [0.15, 0.2) is 0 Å². The molecule has 0 aromatic heterocycles. The second kappa shape index (κ2) is 3.97. The number of hydrogen-bond donors (Lipinski definition) is 1. The predicted molar refractivity (Wildman–Crippen MR) is 53.8 cm³/mol. The van der Waals surface area contributed by atoms with Gasteiger partial charge in [-0.25, -0.2) is 0 Å². The van der Waals surface area contributed by atoms with Crippen molar-refractivity contribution in [2.24, 2.45) is 11.3 Å². The Morgan fingerprint density at radius 2 is 2.00 bits per heavy atom. The lowest BCUT2D eigenvalue weighted by Crippen LogP contribution is -2.59. The third-order valence-electron chi connectivity index (χ3n) is 3.77. The average molecular weight is 183 g/mol. The van der Waals surface area contributed by atoms with Crippen LogP contribution in [-0.2, 0) is 4.74 Å². The molecule has 0 unspecified atom stereocenters. The van der Waals surface area contributed by atoms with E-state index in [2.05, 4.69) is 12.2 Å². The summed E-state index contributed by atoms with van der Waals surface area (Å²) in [5.74, 6) is 0.945. The molecule has 2 aliphatic rings. The van der Waals surface area contributed by atoms with Crippen LogP contribution < -0.4 is 5.32 Å². The fourth-order valence-corrected chi connectivity index (χ4v) is 2.80. The van der Waals surface area contributed by atoms with Gasteiger partial charge in [-0.3, -0.25) is 0 Å². The lowest BCUT2D eigenvalue weighted by atomic mass is 9.70. The Morgan fingerprint density at radius 1 is 1.31 bits per heavy atom. The minimum Gasteiger partial charge on any atom is -0.381 e. The molecule has 76 valence electrons. The van der Waals surface area contributed by atoms with Gasteiger partial charge in [0.1, 0.15) is 0 Å². The summed E-state index contributed by atoms with van der Waals surface area (Å²) in [5, 5.41) is 3.41. The summed E-state index contributed by atoms with van der Waals surface area (Å²) >= 11 is 0. The molecule has 2 heteroatoms. The molecular formula is C11H21NO. The Kier molecular flexibility index (Phi) is 2.89. The molecule has 2 rings (SSSR count). The fraction of sp³-hybridized carbons (Fsp3) is 1.00. The molecule has 0 radical (unpaired) electrons. The van der Waals surface area contributed by atoms with Crippen molar-refractivity contribution in [2.75, 3.05) is 26.3 Å². The van der Waals surface area contributed by atoms with Gasteiger partial charge in [-0.05, 0) is 25.7 Å². The van der Waals surface area contributed by atoms with E-state index >= 15 is 0 Å². The van der Waals surface area contributed by atoms with E-state index in [1.165, 1.54) is 38.8 Å². The number of rotatable bonds is 4. The van der Waals surface area contributed by atoms with Gasteiger partial charge in [0, 0.05) is 25.1 Å². The third kappa shape index (κ3) is 1.75. The maximum atomic E-state index is 5.61. The molecule has 0 amide bonds. The van der Waals surface area contributed by atoms with Crippen LogP contribution in [0.2, 0.25) is 0 Å². The molecule has 1 saturated heterocycles. The second-order valence-electron chi connectivity index (χ2n) is 4.58. The van der Waals surface area contributed by atoms with Crippen molar-refractivity contribution >= 4 is 0 Å². The monoisotopic (exact) mass is 183 g/mol. The normalized spacial score (nSPS) is 27.5. The highest BCUT2D eigenvalue weighted by Crippen LogP contribution is 2.42. The Morgan fingerprint density at radius 3 is 2.46 bits per heavy atom. The van der Waals surface area contributed by atoms with E-state index < -0.39 is 0 Å². The molecule has 0 aromatic rings. The van der Waals surface area contributed by atoms with Crippen molar-refractivity contribution in [2.45, 2.75) is 32.6 Å². The standard InChI is InChI=1S/C11H21NO/c1-2-13-9-11(7-12-8-11)10-5-3-4-6-10/h10,12H,2-9H2,1H3. The van der Waals surface area contributed by atoms with Crippen molar-refractivity contribution in [1.29, 1.82) is 0 Å². The minimum absolute atomic E-state index is 0.520. The molecule has 0 atom stereocenters. The van der Waals surface area contributed by atoms with E-state index in [0.717, 1.165) is 19.1 Å². The van der Waals surface area contributed by atoms with Crippen molar-refractivity contribution in [3.8, 4) is 0 Å². The molecule has 1 N–H and O–H groups in total. The molecule has 2 nitrogen and oxygen atoms in total. The summed E-state index contributed by atoms with van der Waals surface area (Å²) in [6.45, 7) is 6.33. The Hall–Kier alpha value is -0.0800. The molecule has 1 aliphatic carbocycles. The molecule has 0 spiro atoms. The van der Waals surface area contributed by atoms with Gasteiger partial charge in [-0.1, -0.05) is 12.8 Å². The van der Waals surface area contributed by atoms with E-state index in [-0.39, 0.29) is 0 Å². The first-order chi connectivity index (χ1) is 6.37. The van der Waals surface area contributed by atoms with E-state index in [1.807, 2.05) is 0 Å². The second-order valence-corrected chi connectivity index (χ2v) is 4.58. The summed E-state index contributed by atoms with van der Waals surface area (Å²) in [7, 11) is 0. The fourth-order valence-electron chi connectivity index (χ4n) is 2.80. The smallest absolute Gasteiger partial charge is 0.0549 e. The quantitative estimate of drug-likeness (QED) is 0.717. The Bertz CT molecular complexity index is 159. The van der Waals surface area contributed by atoms with E-state index in [0.29, 0.717) is 5.41 Å². The molecule has 1 heterocycles. The van der Waals surface area contributed by atoms with Crippen molar-refractivity contribution in [3.63, 3.8) is 0 Å². The van der Waals surface area contributed by atoms with Crippen LogP contribution in [0.3, 0.4) is 0 Å². The topological polar surface area (TPSA) is 21.3 Å². The van der Waals surface area contributed by atoms with Gasteiger partial charge in [0.25, 0.3) is 0 Å². The summed E-state index contributed by atoms with van der Waals surface area (Å²) in [6, 6.07) is 0.